The quantitative estimate of drug-likeness (QED) is 0.634. The summed E-state index contributed by atoms with van der Waals surface area (Å²) in [7, 11) is 0. The van der Waals surface area contributed by atoms with Crippen LogP contribution in [0.25, 0.3) is 11.1 Å². The summed E-state index contributed by atoms with van der Waals surface area (Å²) < 4.78 is 0. The fraction of sp³-hybridized carbons (Fsp3) is 0.250. The molecule has 6 nitrogen and oxygen atoms in total. The van der Waals surface area contributed by atoms with Crippen molar-refractivity contribution in [1.82, 2.24) is 15.3 Å². The number of anilines is 1. The van der Waals surface area contributed by atoms with Gasteiger partial charge in [0.05, 0.1) is 17.9 Å². The smallest absolute Gasteiger partial charge is 0.251 e. The van der Waals surface area contributed by atoms with E-state index < -0.39 is 0 Å². The first kappa shape index (κ1) is 21.2. The largest absolute Gasteiger partial charge is 0.344 e. The predicted octanol–water partition coefficient (Wildman–Crippen LogP) is 4.54. The lowest BCUT2D eigenvalue weighted by Gasteiger charge is -2.16. The lowest BCUT2D eigenvalue weighted by Crippen LogP contribution is -2.27. The highest BCUT2D eigenvalue weighted by atomic mass is 16.2. The van der Waals surface area contributed by atoms with Gasteiger partial charge in [0.25, 0.3) is 5.91 Å². The number of amides is 2. The summed E-state index contributed by atoms with van der Waals surface area (Å²) in [4.78, 5) is 33.5. The average Bonchev–Trinajstić information content (AvgIpc) is 2.74. The summed E-state index contributed by atoms with van der Waals surface area (Å²) in [5.74, 6) is -0.514. The minimum atomic E-state index is -0.303. The monoisotopic (exact) mass is 402 g/mol. The number of benzene rings is 2. The van der Waals surface area contributed by atoms with Gasteiger partial charge < -0.3 is 10.6 Å². The van der Waals surface area contributed by atoms with Gasteiger partial charge in [-0.25, -0.2) is 0 Å². The van der Waals surface area contributed by atoms with Crippen LogP contribution in [-0.2, 0) is 4.79 Å². The third kappa shape index (κ3) is 5.29. The van der Waals surface area contributed by atoms with E-state index in [0.29, 0.717) is 16.9 Å². The van der Waals surface area contributed by atoms with Crippen molar-refractivity contribution in [2.45, 2.75) is 33.7 Å². The second kappa shape index (κ2) is 9.31. The van der Waals surface area contributed by atoms with Gasteiger partial charge in [0.15, 0.2) is 0 Å². The molecule has 0 fully saturated rings. The first-order chi connectivity index (χ1) is 14.3. The molecule has 0 aliphatic carbocycles. The lowest BCUT2D eigenvalue weighted by atomic mass is 10.00. The Kier molecular flexibility index (Phi) is 6.57. The second-order valence-electron chi connectivity index (χ2n) is 7.63. The van der Waals surface area contributed by atoms with Gasteiger partial charge in [0, 0.05) is 29.6 Å². The Balaban J connectivity index is 1.93. The molecule has 2 aromatic carbocycles. The number of aryl methyl sites for hydroxylation is 1. The maximum absolute atomic E-state index is 13.0. The number of rotatable bonds is 6. The van der Waals surface area contributed by atoms with Gasteiger partial charge in [-0.05, 0) is 43.2 Å². The summed E-state index contributed by atoms with van der Waals surface area (Å²) in [6.07, 6.45) is 4.81. The molecule has 3 aromatic rings. The molecule has 0 aliphatic heterocycles. The van der Waals surface area contributed by atoms with Crippen molar-refractivity contribution in [2.75, 3.05) is 5.32 Å². The van der Waals surface area contributed by atoms with Gasteiger partial charge in [0.1, 0.15) is 0 Å². The average molecular weight is 402 g/mol. The molecule has 2 N–H and O–H groups in total. The molecule has 154 valence electrons. The standard InChI is InChI=1S/C24H26N4O2/c1-15(2)23(29)28-21-12-19(18-7-5-16(3)6-8-18)11-20(13-21)24(30)27-17(4)22-14-25-9-10-26-22/h5-15,17H,1-4H3,(H,27,30)(H,28,29). The van der Waals surface area contributed by atoms with Gasteiger partial charge in [0.2, 0.25) is 5.91 Å². The first-order valence-corrected chi connectivity index (χ1v) is 9.93. The summed E-state index contributed by atoms with van der Waals surface area (Å²) in [6.45, 7) is 7.54. The van der Waals surface area contributed by atoms with Crippen LogP contribution in [0, 0.1) is 12.8 Å². The van der Waals surface area contributed by atoms with E-state index in [2.05, 4.69) is 20.6 Å². The third-order valence-corrected chi connectivity index (χ3v) is 4.75. The molecule has 1 unspecified atom stereocenters. The van der Waals surface area contributed by atoms with Crippen molar-refractivity contribution in [3.05, 3.63) is 77.9 Å². The fourth-order valence-electron chi connectivity index (χ4n) is 2.92. The number of aromatic nitrogens is 2. The van der Waals surface area contributed by atoms with Gasteiger partial charge in [-0.2, -0.15) is 0 Å². The highest BCUT2D eigenvalue weighted by Gasteiger charge is 2.16. The minimum absolute atomic E-state index is 0.102. The van der Waals surface area contributed by atoms with E-state index in [0.717, 1.165) is 16.7 Å². The van der Waals surface area contributed by atoms with Crippen molar-refractivity contribution >= 4 is 17.5 Å². The highest BCUT2D eigenvalue weighted by Crippen LogP contribution is 2.26. The molecule has 1 atom stereocenters. The number of nitrogens with zero attached hydrogens (tertiary/aromatic N) is 2. The molecule has 1 heterocycles. The predicted molar refractivity (Wildman–Crippen MR) is 118 cm³/mol. The Hall–Kier alpha value is -3.54. The van der Waals surface area contributed by atoms with Gasteiger partial charge in [-0.15, -0.1) is 0 Å². The van der Waals surface area contributed by atoms with Crippen molar-refractivity contribution < 1.29 is 9.59 Å². The fourth-order valence-corrected chi connectivity index (χ4v) is 2.92. The van der Waals surface area contributed by atoms with Crippen molar-refractivity contribution in [3.63, 3.8) is 0 Å². The summed E-state index contributed by atoms with van der Waals surface area (Å²) in [6, 6.07) is 13.1. The zero-order valence-corrected chi connectivity index (χ0v) is 17.6. The third-order valence-electron chi connectivity index (χ3n) is 4.75. The maximum Gasteiger partial charge on any atom is 0.251 e. The number of hydrogen-bond acceptors (Lipinski definition) is 4. The van der Waals surface area contributed by atoms with E-state index in [-0.39, 0.29) is 23.8 Å². The van der Waals surface area contributed by atoms with E-state index >= 15 is 0 Å². The lowest BCUT2D eigenvalue weighted by molar-refractivity contribution is -0.118. The molecular formula is C24H26N4O2. The van der Waals surface area contributed by atoms with Crippen LogP contribution in [0.2, 0.25) is 0 Å². The maximum atomic E-state index is 13.0. The SMILES string of the molecule is Cc1ccc(-c2cc(NC(=O)C(C)C)cc(C(=O)NC(C)c3cnccn3)c2)cc1. The Bertz CT molecular complexity index is 1030. The van der Waals surface area contributed by atoms with Crippen LogP contribution in [0.15, 0.2) is 61.1 Å². The van der Waals surface area contributed by atoms with Crippen LogP contribution < -0.4 is 10.6 Å². The molecule has 1 aromatic heterocycles. The molecular weight excluding hydrogens is 376 g/mol. The number of hydrogen-bond donors (Lipinski definition) is 2. The van der Waals surface area contributed by atoms with Crippen LogP contribution >= 0.6 is 0 Å². The van der Waals surface area contributed by atoms with Crippen LogP contribution in [0.5, 0.6) is 0 Å². The van der Waals surface area contributed by atoms with E-state index in [9.17, 15) is 9.59 Å². The zero-order chi connectivity index (χ0) is 21.7. The zero-order valence-electron chi connectivity index (χ0n) is 17.6. The summed E-state index contributed by atoms with van der Waals surface area (Å²) >= 11 is 0. The van der Waals surface area contributed by atoms with Gasteiger partial charge in [-0.3, -0.25) is 19.6 Å². The first-order valence-electron chi connectivity index (χ1n) is 9.93. The topological polar surface area (TPSA) is 84.0 Å². The van der Waals surface area contributed by atoms with Crippen LogP contribution in [0.4, 0.5) is 5.69 Å². The number of carbonyl (C=O) groups excluding carboxylic acids is 2. The van der Waals surface area contributed by atoms with E-state index in [1.165, 1.54) is 0 Å². The molecule has 0 spiro atoms. The van der Waals surface area contributed by atoms with E-state index in [1.807, 2.05) is 64.1 Å². The Labute approximate surface area is 176 Å². The van der Waals surface area contributed by atoms with Crippen molar-refractivity contribution in [3.8, 4) is 11.1 Å². The molecule has 6 heteroatoms. The summed E-state index contributed by atoms with van der Waals surface area (Å²) in [5.41, 5.74) is 4.70. The van der Waals surface area contributed by atoms with Crippen molar-refractivity contribution in [2.24, 2.45) is 5.92 Å². The normalized spacial score (nSPS) is 11.8. The molecule has 30 heavy (non-hydrogen) atoms. The second-order valence-corrected chi connectivity index (χ2v) is 7.63. The highest BCUT2D eigenvalue weighted by molar-refractivity contribution is 5.99. The molecule has 0 aliphatic rings. The Morgan fingerprint density at radius 2 is 1.67 bits per heavy atom. The summed E-state index contributed by atoms with van der Waals surface area (Å²) in [5, 5.41) is 5.85. The van der Waals surface area contributed by atoms with Gasteiger partial charge in [-0.1, -0.05) is 43.7 Å². The Morgan fingerprint density at radius 3 is 2.30 bits per heavy atom. The number of carbonyl (C=O) groups is 2. The molecule has 3 rings (SSSR count). The van der Waals surface area contributed by atoms with E-state index in [1.54, 1.807) is 24.7 Å². The number of nitrogens with one attached hydrogen (secondary N) is 2. The minimum Gasteiger partial charge on any atom is -0.344 e. The molecule has 0 bridgehead atoms. The van der Waals surface area contributed by atoms with Crippen LogP contribution in [-0.4, -0.2) is 21.8 Å². The van der Waals surface area contributed by atoms with Crippen molar-refractivity contribution in [1.29, 1.82) is 0 Å². The van der Waals surface area contributed by atoms with Crippen LogP contribution in [0.1, 0.15) is 48.4 Å². The Morgan fingerprint density at radius 1 is 0.933 bits per heavy atom. The van der Waals surface area contributed by atoms with E-state index in [4.69, 9.17) is 0 Å². The molecule has 2 amide bonds. The molecule has 0 saturated carbocycles. The van der Waals surface area contributed by atoms with Crippen LogP contribution in [0.3, 0.4) is 0 Å². The van der Waals surface area contributed by atoms with Gasteiger partial charge >= 0.3 is 0 Å². The molecule has 0 radical (unpaired) electrons. The molecule has 0 saturated heterocycles.